The summed E-state index contributed by atoms with van der Waals surface area (Å²) in [6.45, 7) is 0. The van der Waals surface area contributed by atoms with Crippen LogP contribution in [0, 0.1) is 0 Å². The molecule has 0 unspecified atom stereocenters. The van der Waals surface area contributed by atoms with Gasteiger partial charge in [0.15, 0.2) is 21.9 Å². The quantitative estimate of drug-likeness (QED) is 0.0713. The number of ketones is 2. The molecule has 56 heavy (non-hydrogen) atoms. The highest BCUT2D eigenvalue weighted by molar-refractivity contribution is 7.18. The van der Waals surface area contributed by atoms with Crippen LogP contribution in [0.2, 0.25) is 0 Å². The van der Waals surface area contributed by atoms with Gasteiger partial charge in [0.2, 0.25) is 11.6 Å². The van der Waals surface area contributed by atoms with Crippen molar-refractivity contribution < 1.29 is 9.59 Å². The molecule has 2 aliphatic carbocycles. The van der Waals surface area contributed by atoms with Crippen molar-refractivity contribution in [3.63, 3.8) is 0 Å². The zero-order chi connectivity index (χ0) is 38.4. The van der Waals surface area contributed by atoms with Crippen LogP contribution in [-0.2, 0) is 0 Å². The molecule has 10 nitrogen and oxygen atoms in total. The number of hydrazone groups is 2. The van der Waals surface area contributed by atoms with Gasteiger partial charge >= 0.3 is 0 Å². The highest BCUT2D eigenvalue weighted by Gasteiger charge is 2.22. The second-order valence-electron chi connectivity index (χ2n) is 13.5. The Hall–Kier alpha value is -5.98. The average Bonchev–Trinajstić information content (AvgIpc) is 3.87. The van der Waals surface area contributed by atoms with E-state index in [1.165, 1.54) is 61.2 Å². The summed E-state index contributed by atoms with van der Waals surface area (Å²) in [6.07, 6.45) is 11.3. The fourth-order valence-electron chi connectivity index (χ4n) is 6.35. The molecule has 12 heteroatoms. The number of benzene rings is 4. The van der Waals surface area contributed by atoms with Gasteiger partial charge in [0.25, 0.3) is 0 Å². The van der Waals surface area contributed by atoms with Crippen LogP contribution in [0.25, 0.3) is 0 Å². The molecule has 284 valence electrons. The standard InChI is InChI=1S/2C22H22N4OS/c2*27-19(16-10-4-1-5-11-16)20-21(26-25-18-14-8-3-9-15-18)24-22(28-20)23-17-12-6-2-7-13-17/h2*1-2,4-7,10-13,26H,3,8-9,14-15H2,(H,23,24). The number of thiazole rings is 2. The van der Waals surface area contributed by atoms with Crippen molar-refractivity contribution in [1.29, 1.82) is 0 Å². The molecule has 2 aromatic heterocycles. The third kappa shape index (κ3) is 10.6. The van der Waals surface area contributed by atoms with E-state index in [1.54, 1.807) is 0 Å². The highest BCUT2D eigenvalue weighted by atomic mass is 32.1. The molecule has 0 aliphatic heterocycles. The predicted molar refractivity (Wildman–Crippen MR) is 232 cm³/mol. The lowest BCUT2D eigenvalue weighted by atomic mass is 9.99. The molecule has 0 radical (unpaired) electrons. The Morgan fingerprint density at radius 2 is 0.804 bits per heavy atom. The van der Waals surface area contributed by atoms with E-state index < -0.39 is 0 Å². The van der Waals surface area contributed by atoms with Gasteiger partial charge in [0.05, 0.1) is 0 Å². The zero-order valence-electron chi connectivity index (χ0n) is 31.0. The molecule has 0 atom stereocenters. The molecular formula is C44H44N8O2S2. The number of nitrogens with zero attached hydrogens (tertiary/aromatic N) is 4. The monoisotopic (exact) mass is 780 g/mol. The molecule has 2 aliphatic rings. The highest BCUT2D eigenvalue weighted by Crippen LogP contribution is 2.33. The smallest absolute Gasteiger partial charge is 0.206 e. The van der Waals surface area contributed by atoms with Crippen molar-refractivity contribution in [2.45, 2.75) is 64.2 Å². The van der Waals surface area contributed by atoms with Gasteiger partial charge in [0.1, 0.15) is 9.75 Å². The van der Waals surface area contributed by atoms with E-state index in [-0.39, 0.29) is 11.6 Å². The predicted octanol–water partition coefficient (Wildman–Crippen LogP) is 11.7. The molecule has 2 fully saturated rings. The Kier molecular flexibility index (Phi) is 13.4. The fraction of sp³-hybridized carbons (Fsp3) is 0.227. The molecule has 2 heterocycles. The normalized spacial score (nSPS) is 13.8. The zero-order valence-corrected chi connectivity index (χ0v) is 32.7. The summed E-state index contributed by atoms with van der Waals surface area (Å²) in [7, 11) is 0. The minimum atomic E-state index is -0.0504. The van der Waals surface area contributed by atoms with Crippen LogP contribution in [0.3, 0.4) is 0 Å². The van der Waals surface area contributed by atoms with E-state index in [0.717, 1.165) is 48.5 Å². The number of nitrogens with one attached hydrogen (secondary N) is 4. The molecule has 6 aromatic rings. The van der Waals surface area contributed by atoms with Crippen molar-refractivity contribution in [3.05, 3.63) is 142 Å². The molecule has 0 amide bonds. The first kappa shape index (κ1) is 38.3. The summed E-state index contributed by atoms with van der Waals surface area (Å²) in [6, 6.07) is 38.2. The minimum Gasteiger partial charge on any atom is -0.331 e. The second-order valence-corrected chi connectivity index (χ2v) is 15.5. The van der Waals surface area contributed by atoms with Crippen LogP contribution in [0.1, 0.15) is 94.7 Å². The molecule has 0 spiro atoms. The summed E-state index contributed by atoms with van der Waals surface area (Å²) in [5.74, 6) is 0.918. The number of para-hydroxylation sites is 2. The summed E-state index contributed by atoms with van der Waals surface area (Å²) in [4.78, 5) is 36.4. The number of carbonyl (C=O) groups excluding carboxylic acids is 2. The topological polar surface area (TPSA) is 133 Å². The first-order valence-electron chi connectivity index (χ1n) is 19.1. The summed E-state index contributed by atoms with van der Waals surface area (Å²) in [5.41, 5.74) is 11.6. The number of rotatable bonds is 12. The molecular weight excluding hydrogens is 737 g/mol. The van der Waals surface area contributed by atoms with Crippen molar-refractivity contribution in [2.24, 2.45) is 10.2 Å². The summed E-state index contributed by atoms with van der Waals surface area (Å²) in [5, 5.41) is 17.0. The van der Waals surface area contributed by atoms with E-state index in [0.29, 0.717) is 42.8 Å². The van der Waals surface area contributed by atoms with Gasteiger partial charge in [-0.3, -0.25) is 20.4 Å². The number of hydrogen-bond donors (Lipinski definition) is 4. The maximum Gasteiger partial charge on any atom is 0.206 e. The summed E-state index contributed by atoms with van der Waals surface area (Å²) < 4.78 is 0. The fourth-order valence-corrected chi connectivity index (χ4v) is 8.14. The molecule has 4 N–H and O–H groups in total. The molecule has 0 saturated heterocycles. The lowest BCUT2D eigenvalue weighted by Crippen LogP contribution is -2.09. The van der Waals surface area contributed by atoms with E-state index in [4.69, 9.17) is 0 Å². The van der Waals surface area contributed by atoms with Crippen LogP contribution in [-0.4, -0.2) is 33.0 Å². The van der Waals surface area contributed by atoms with Crippen LogP contribution >= 0.6 is 22.7 Å². The van der Waals surface area contributed by atoms with Crippen LogP contribution < -0.4 is 21.5 Å². The van der Waals surface area contributed by atoms with E-state index in [1.807, 2.05) is 121 Å². The minimum absolute atomic E-state index is 0.0504. The van der Waals surface area contributed by atoms with Crippen molar-refractivity contribution in [1.82, 2.24) is 9.97 Å². The molecule has 2 saturated carbocycles. The summed E-state index contributed by atoms with van der Waals surface area (Å²) >= 11 is 2.68. The third-order valence-electron chi connectivity index (χ3n) is 9.29. The lowest BCUT2D eigenvalue weighted by Gasteiger charge is -2.12. The Morgan fingerprint density at radius 3 is 1.16 bits per heavy atom. The Bertz CT molecular complexity index is 2080. The van der Waals surface area contributed by atoms with E-state index in [2.05, 4.69) is 41.7 Å². The second kappa shape index (κ2) is 19.6. The number of aromatic nitrogens is 2. The number of carbonyl (C=O) groups is 2. The first-order valence-corrected chi connectivity index (χ1v) is 20.7. The Labute approximate surface area is 335 Å². The van der Waals surface area contributed by atoms with Crippen LogP contribution in [0.4, 0.5) is 33.3 Å². The van der Waals surface area contributed by atoms with Crippen molar-refractivity contribution >= 4 is 78.9 Å². The molecule has 4 aromatic carbocycles. The maximum atomic E-state index is 13.0. The molecule has 0 bridgehead atoms. The van der Waals surface area contributed by atoms with Crippen molar-refractivity contribution in [2.75, 3.05) is 21.5 Å². The van der Waals surface area contributed by atoms with Crippen LogP contribution in [0.15, 0.2) is 132 Å². The maximum absolute atomic E-state index is 13.0. The first-order chi connectivity index (χ1) is 27.6. The Balaban J connectivity index is 0.000000172. The van der Waals surface area contributed by atoms with Gasteiger partial charge < -0.3 is 10.6 Å². The van der Waals surface area contributed by atoms with Gasteiger partial charge in [-0.2, -0.15) is 10.2 Å². The van der Waals surface area contributed by atoms with Crippen LogP contribution in [0.5, 0.6) is 0 Å². The van der Waals surface area contributed by atoms with Gasteiger partial charge in [0, 0.05) is 33.9 Å². The number of anilines is 6. The van der Waals surface area contributed by atoms with Gasteiger partial charge in [-0.25, -0.2) is 9.97 Å². The van der Waals surface area contributed by atoms with Gasteiger partial charge in [-0.1, -0.05) is 133 Å². The number of hydrogen-bond acceptors (Lipinski definition) is 12. The van der Waals surface area contributed by atoms with E-state index >= 15 is 0 Å². The largest absolute Gasteiger partial charge is 0.331 e. The van der Waals surface area contributed by atoms with Gasteiger partial charge in [-0.15, -0.1) is 0 Å². The van der Waals surface area contributed by atoms with Gasteiger partial charge in [-0.05, 0) is 75.6 Å². The lowest BCUT2D eigenvalue weighted by molar-refractivity contribution is 0.103. The third-order valence-corrected chi connectivity index (χ3v) is 11.2. The average molecular weight is 781 g/mol. The van der Waals surface area contributed by atoms with E-state index in [9.17, 15) is 9.59 Å². The molecule has 8 rings (SSSR count). The van der Waals surface area contributed by atoms with Crippen molar-refractivity contribution in [3.8, 4) is 0 Å². The Morgan fingerprint density at radius 1 is 0.464 bits per heavy atom. The SMILES string of the molecule is O=C(c1ccccc1)c1sc(Nc2ccccc2)nc1NN=C1CCCCC1.O=C(c1ccccc1)c1sc(Nc2ccccc2)nc1NN=C1CCCCC1.